The van der Waals surface area contributed by atoms with Gasteiger partial charge < -0.3 is 18.9 Å². The molecule has 74 heavy (non-hydrogen) atoms. The van der Waals surface area contributed by atoms with Gasteiger partial charge in [0.15, 0.2) is 0 Å². The zero-order chi connectivity index (χ0) is 49.3. The monoisotopic (exact) mass is 954 g/mol. The zero-order valence-electron chi connectivity index (χ0n) is 39.9. The quantitative estimate of drug-likeness (QED) is 0.134. The van der Waals surface area contributed by atoms with Crippen LogP contribution in [0.3, 0.4) is 0 Å². The van der Waals surface area contributed by atoms with E-state index in [2.05, 4.69) is 225 Å². The Kier molecular flexibility index (Phi) is 10.2. The number of anilines is 6. The minimum Gasteiger partial charge on any atom is -0.310 e. The predicted molar refractivity (Wildman–Crippen MR) is 305 cm³/mol. The minimum absolute atomic E-state index is 0.290. The van der Waals surface area contributed by atoms with Gasteiger partial charge in [0, 0.05) is 72.1 Å². The van der Waals surface area contributed by atoms with Crippen LogP contribution in [0.4, 0.5) is 42.9 Å². The lowest BCUT2D eigenvalue weighted by molar-refractivity contribution is 0.627. The van der Waals surface area contributed by atoms with E-state index < -0.39 is 0 Å². The second-order valence-corrected chi connectivity index (χ2v) is 18.8. The number of hydrogen-bond donors (Lipinski definition) is 0. The van der Waals surface area contributed by atoms with E-state index in [0.717, 1.165) is 122 Å². The third-order valence-electron chi connectivity index (χ3n) is 14.6. The molecule has 0 aliphatic heterocycles. The number of halogens is 2. The number of rotatable bonds is 9. The number of benzene rings is 12. The third kappa shape index (κ3) is 7.02. The van der Waals surface area contributed by atoms with E-state index in [1.807, 2.05) is 36.4 Å². The van der Waals surface area contributed by atoms with Crippen molar-refractivity contribution in [2.24, 2.45) is 0 Å². The number of para-hydroxylation sites is 4. The molecule has 0 atom stereocenters. The Morgan fingerprint density at radius 1 is 0.257 bits per heavy atom. The molecule has 4 nitrogen and oxygen atoms in total. The molecule has 14 rings (SSSR count). The van der Waals surface area contributed by atoms with E-state index in [9.17, 15) is 8.78 Å². The van der Waals surface area contributed by atoms with Crippen LogP contribution in [0.1, 0.15) is 0 Å². The van der Waals surface area contributed by atoms with E-state index in [0.29, 0.717) is 0 Å². The van der Waals surface area contributed by atoms with Gasteiger partial charge in [-0.1, -0.05) is 133 Å². The molecule has 2 aromatic heterocycles. The average Bonchev–Trinajstić information content (AvgIpc) is 4.02. The molecule has 0 bridgehead atoms. The van der Waals surface area contributed by atoms with Crippen LogP contribution in [0, 0.1) is 11.6 Å². The van der Waals surface area contributed by atoms with Crippen LogP contribution in [0.15, 0.2) is 267 Å². The third-order valence-corrected chi connectivity index (χ3v) is 14.6. The maximum atomic E-state index is 14.9. The molecule has 0 spiro atoms. The fourth-order valence-electron chi connectivity index (χ4n) is 11.4. The SMILES string of the molecule is Fc1ccc(N(c2ccc(-c3c4ccccc4c(N(c4ccc(F)cc4)c4ccc5c(c4)c4ccccc4n5-c4ccccc4)c4ccccc34)cc2)c2ccc3c(c2)c2ccccc2n3-c2ccccc2)cc1. The van der Waals surface area contributed by atoms with E-state index in [4.69, 9.17) is 0 Å². The number of fused-ring (bicyclic) bond motifs is 8. The normalized spacial score (nSPS) is 11.6. The van der Waals surface area contributed by atoms with E-state index in [1.54, 1.807) is 12.1 Å². The zero-order valence-corrected chi connectivity index (χ0v) is 39.9. The van der Waals surface area contributed by atoms with Crippen molar-refractivity contribution in [3.63, 3.8) is 0 Å². The van der Waals surface area contributed by atoms with Gasteiger partial charge in [0.05, 0.1) is 27.8 Å². The predicted octanol–water partition coefficient (Wildman–Crippen LogP) is 19.1. The number of hydrogen-bond acceptors (Lipinski definition) is 2. The first-order valence-corrected chi connectivity index (χ1v) is 24.9. The summed E-state index contributed by atoms with van der Waals surface area (Å²) in [5.41, 5.74) is 14.3. The molecule has 0 aliphatic carbocycles. The minimum atomic E-state index is -0.294. The maximum Gasteiger partial charge on any atom is 0.123 e. The van der Waals surface area contributed by atoms with Gasteiger partial charge in [0.1, 0.15) is 11.6 Å². The summed E-state index contributed by atoms with van der Waals surface area (Å²) in [6.07, 6.45) is 0. The van der Waals surface area contributed by atoms with Crippen molar-refractivity contribution in [1.29, 1.82) is 0 Å². The lowest BCUT2D eigenvalue weighted by atomic mass is 9.89. The van der Waals surface area contributed by atoms with Crippen molar-refractivity contribution in [3.8, 4) is 22.5 Å². The summed E-state index contributed by atoms with van der Waals surface area (Å²) < 4.78 is 34.1. The lowest BCUT2D eigenvalue weighted by Gasteiger charge is -2.30. The fourth-order valence-corrected chi connectivity index (χ4v) is 11.4. The topological polar surface area (TPSA) is 16.3 Å². The Bertz CT molecular complexity index is 4370. The van der Waals surface area contributed by atoms with Gasteiger partial charge in [-0.25, -0.2) is 8.78 Å². The van der Waals surface area contributed by atoms with Gasteiger partial charge in [-0.2, -0.15) is 0 Å². The largest absolute Gasteiger partial charge is 0.310 e. The van der Waals surface area contributed by atoms with Gasteiger partial charge >= 0.3 is 0 Å². The Balaban J connectivity index is 0.938. The summed E-state index contributed by atoms with van der Waals surface area (Å²) in [6, 6.07) is 90.8. The Morgan fingerprint density at radius 2 is 0.595 bits per heavy atom. The molecule has 6 heteroatoms. The van der Waals surface area contributed by atoms with Crippen molar-refractivity contribution in [3.05, 3.63) is 279 Å². The highest BCUT2D eigenvalue weighted by Crippen LogP contribution is 2.50. The Hall–Kier alpha value is -9.78. The highest BCUT2D eigenvalue weighted by atomic mass is 19.1. The molecule has 0 saturated carbocycles. The van der Waals surface area contributed by atoms with E-state index in [-0.39, 0.29) is 11.6 Å². The summed E-state index contributed by atoms with van der Waals surface area (Å²) in [7, 11) is 0. The molecule has 0 saturated heterocycles. The fraction of sp³-hybridized carbons (Fsp3) is 0. The van der Waals surface area contributed by atoms with Crippen LogP contribution in [0.2, 0.25) is 0 Å². The molecule has 0 fully saturated rings. The van der Waals surface area contributed by atoms with Crippen molar-refractivity contribution in [2.45, 2.75) is 0 Å². The summed E-state index contributed by atoms with van der Waals surface area (Å²) in [5, 5.41) is 8.81. The first-order valence-electron chi connectivity index (χ1n) is 24.9. The van der Waals surface area contributed by atoms with Crippen LogP contribution < -0.4 is 9.80 Å². The van der Waals surface area contributed by atoms with Crippen LogP contribution in [-0.2, 0) is 0 Å². The van der Waals surface area contributed by atoms with Gasteiger partial charge in [-0.3, -0.25) is 0 Å². The molecule has 12 aromatic carbocycles. The second-order valence-electron chi connectivity index (χ2n) is 18.8. The van der Waals surface area contributed by atoms with Crippen LogP contribution in [0.25, 0.3) is 87.7 Å². The highest BCUT2D eigenvalue weighted by molar-refractivity contribution is 6.23. The van der Waals surface area contributed by atoms with Crippen molar-refractivity contribution >= 4 is 99.3 Å². The molecule has 0 unspecified atom stereocenters. The molecule has 0 radical (unpaired) electrons. The van der Waals surface area contributed by atoms with Crippen molar-refractivity contribution < 1.29 is 8.78 Å². The molecule has 0 amide bonds. The Morgan fingerprint density at radius 3 is 1.05 bits per heavy atom. The van der Waals surface area contributed by atoms with E-state index >= 15 is 0 Å². The number of nitrogens with zero attached hydrogens (tertiary/aromatic N) is 4. The van der Waals surface area contributed by atoms with Crippen molar-refractivity contribution in [2.75, 3.05) is 9.80 Å². The average molecular weight is 955 g/mol. The molecule has 2 heterocycles. The maximum absolute atomic E-state index is 14.9. The van der Waals surface area contributed by atoms with Gasteiger partial charge in [0.25, 0.3) is 0 Å². The summed E-state index contributed by atoms with van der Waals surface area (Å²) in [5.74, 6) is -0.584. The molecular weight excluding hydrogens is 911 g/mol. The smallest absolute Gasteiger partial charge is 0.123 e. The van der Waals surface area contributed by atoms with E-state index in [1.165, 1.54) is 12.1 Å². The Labute approximate surface area is 426 Å². The molecular formula is C68H44F2N4. The molecule has 350 valence electrons. The van der Waals surface area contributed by atoms with Crippen LogP contribution in [-0.4, -0.2) is 9.13 Å². The molecule has 0 aliphatic rings. The summed E-state index contributed by atoms with van der Waals surface area (Å²) in [4.78, 5) is 4.49. The van der Waals surface area contributed by atoms with Gasteiger partial charge in [-0.15, -0.1) is 0 Å². The van der Waals surface area contributed by atoms with Gasteiger partial charge in [-0.05, 0) is 155 Å². The van der Waals surface area contributed by atoms with Crippen LogP contribution >= 0.6 is 0 Å². The first kappa shape index (κ1) is 43.0. The molecule has 0 N–H and O–H groups in total. The van der Waals surface area contributed by atoms with Gasteiger partial charge in [0.2, 0.25) is 0 Å². The summed E-state index contributed by atoms with van der Waals surface area (Å²) >= 11 is 0. The first-order chi connectivity index (χ1) is 36.6. The van der Waals surface area contributed by atoms with Crippen LogP contribution in [0.5, 0.6) is 0 Å². The summed E-state index contributed by atoms with van der Waals surface area (Å²) in [6.45, 7) is 0. The number of aromatic nitrogens is 2. The highest BCUT2D eigenvalue weighted by Gasteiger charge is 2.25. The standard InChI is InChI=1S/C68H44F2N4/c69-46-29-35-51(36-30-46)71(53-39-41-65-61(43-53)55-19-11-13-25-63(55)73(65)48-15-3-1-4-16-48)50-33-27-45(28-34-50)67-57-21-7-9-23-59(57)68(60-24-10-8-22-58(60)67)72(52-37-31-47(70)32-38-52)54-40-42-66-62(44-54)56-20-12-14-26-64(56)74(66)49-17-5-2-6-18-49/h1-44H. The molecule has 14 aromatic rings. The second kappa shape index (κ2) is 17.5. The lowest BCUT2D eigenvalue weighted by Crippen LogP contribution is -2.12. The van der Waals surface area contributed by atoms with Crippen molar-refractivity contribution in [1.82, 2.24) is 9.13 Å².